The van der Waals surface area contributed by atoms with Crippen LogP contribution in [0.1, 0.15) is 40.2 Å². The Morgan fingerprint density at radius 3 is 2.05 bits per heavy atom. The third kappa shape index (κ3) is 9.63. The molecule has 4 unspecified atom stereocenters. The number of aliphatic hydroxyl groups is 1. The molecule has 2 bridgehead atoms. The minimum atomic E-state index is -5.18. The van der Waals surface area contributed by atoms with E-state index < -0.39 is 122 Å². The van der Waals surface area contributed by atoms with Crippen LogP contribution < -0.4 is 17.0 Å². The van der Waals surface area contributed by atoms with E-state index in [0.717, 1.165) is 15.5 Å². The number of aromatic nitrogens is 7. The molecule has 4 aromatic heterocycles. The fraction of sp³-hybridized carbons (Fsp3) is 0.581. The first kappa shape index (κ1) is 44.2. The van der Waals surface area contributed by atoms with E-state index in [0.29, 0.717) is 0 Å². The van der Waals surface area contributed by atoms with Gasteiger partial charge in [-0.25, -0.2) is 47.1 Å². The molecule has 7 heterocycles. The van der Waals surface area contributed by atoms with Crippen molar-refractivity contribution in [2.75, 3.05) is 38.3 Å². The van der Waals surface area contributed by atoms with Gasteiger partial charge in [-0.3, -0.25) is 37.0 Å². The second kappa shape index (κ2) is 17.9. The molecule has 7 rings (SSSR count). The van der Waals surface area contributed by atoms with Crippen LogP contribution in [0.5, 0.6) is 0 Å². The number of carbonyl (C=O) groups is 2. The van der Waals surface area contributed by atoms with Gasteiger partial charge in [-0.2, -0.15) is 4.98 Å². The number of H-pyrrole nitrogens is 1. The van der Waals surface area contributed by atoms with Gasteiger partial charge in [0.2, 0.25) is 19.5 Å². The molecule has 0 aromatic carbocycles. The van der Waals surface area contributed by atoms with Crippen LogP contribution in [0.4, 0.5) is 25.6 Å². The van der Waals surface area contributed by atoms with Gasteiger partial charge in [0.15, 0.2) is 35.4 Å². The largest absolute Gasteiger partial charge is 0.510 e. The van der Waals surface area contributed by atoms with Crippen molar-refractivity contribution < 1.29 is 83.8 Å². The highest BCUT2D eigenvalue weighted by molar-refractivity contribution is 7.48. The number of nitrogens with zero attached hydrogens (tertiary/aromatic N) is 6. The minimum Gasteiger partial charge on any atom is -0.432 e. The van der Waals surface area contributed by atoms with E-state index in [1.165, 1.54) is 46.3 Å². The van der Waals surface area contributed by atoms with Crippen LogP contribution in [-0.4, -0.2) is 127 Å². The highest BCUT2D eigenvalue weighted by Gasteiger charge is 2.55. The molecule has 0 radical (unpaired) electrons. The Balaban J connectivity index is 1.26. The van der Waals surface area contributed by atoms with E-state index in [1.54, 1.807) is 0 Å². The standard InChI is InChI=1S/C31H40FN9O18P2/c1-13(2)54-30(44)48-11-52-60(46)50-7-16-21(42)23(28(56-16)41-10-37-20-25(41)38-29(34)39-26(20)43)59-61(47,53-12-49-31(45)55-14(3)4)51-8-17-22(58-60)18(32)27(57-17)40-9-36-19-15(33)5-6-35-24(19)40/h5-6,9-10,13-14,16-18,21-23,27-28,42H,7-8,11-12H2,1-4H3,(H2,33,35)(H3,34,38,39,43)/t16-,17-,18+,21+,22?,23?,27-,28-,60?,61?/m1/s1. The van der Waals surface area contributed by atoms with Crippen molar-refractivity contribution in [1.29, 1.82) is 0 Å². The van der Waals surface area contributed by atoms with Gasteiger partial charge in [-0.05, 0) is 33.8 Å². The average Bonchev–Trinajstić information content (AvgIpc) is 3.94. The summed E-state index contributed by atoms with van der Waals surface area (Å²) in [5.41, 5.74) is 11.1. The van der Waals surface area contributed by atoms with E-state index >= 15 is 4.39 Å². The minimum absolute atomic E-state index is 0.0666. The smallest absolute Gasteiger partial charge is 0.432 e. The molecule has 6 N–H and O–H groups in total. The molecule has 3 aliphatic rings. The maximum absolute atomic E-state index is 16.8. The van der Waals surface area contributed by atoms with Crippen molar-refractivity contribution in [2.45, 2.75) is 89.1 Å². The summed E-state index contributed by atoms with van der Waals surface area (Å²) in [6.07, 6.45) is -14.8. The zero-order valence-electron chi connectivity index (χ0n) is 32.4. The number of aromatic amines is 1. The third-order valence-corrected chi connectivity index (χ3v) is 11.6. The zero-order chi connectivity index (χ0) is 43.8. The fourth-order valence-corrected chi connectivity index (χ4v) is 8.69. The number of carbonyl (C=O) groups excluding carboxylic acids is 2. The lowest BCUT2D eigenvalue weighted by molar-refractivity contribution is -0.0815. The van der Waals surface area contributed by atoms with E-state index in [2.05, 4.69) is 24.9 Å². The van der Waals surface area contributed by atoms with Crippen LogP contribution in [0.2, 0.25) is 0 Å². The van der Waals surface area contributed by atoms with Gasteiger partial charge in [0.25, 0.3) is 5.56 Å². The Kier molecular flexibility index (Phi) is 12.9. The maximum atomic E-state index is 16.8. The van der Waals surface area contributed by atoms with Crippen LogP contribution in [0.3, 0.4) is 0 Å². The van der Waals surface area contributed by atoms with Gasteiger partial charge in [-0.15, -0.1) is 0 Å². The molecule has 334 valence electrons. The molecule has 3 fully saturated rings. The lowest BCUT2D eigenvalue weighted by Gasteiger charge is -2.28. The number of rotatable bonds is 10. The molecule has 3 saturated heterocycles. The summed E-state index contributed by atoms with van der Waals surface area (Å²) >= 11 is 0. The van der Waals surface area contributed by atoms with Crippen molar-refractivity contribution in [3.05, 3.63) is 35.3 Å². The first-order valence-corrected chi connectivity index (χ1v) is 21.1. The van der Waals surface area contributed by atoms with Gasteiger partial charge in [-0.1, -0.05) is 0 Å². The molecule has 0 saturated carbocycles. The van der Waals surface area contributed by atoms with Gasteiger partial charge < -0.3 is 45.0 Å². The predicted molar refractivity (Wildman–Crippen MR) is 197 cm³/mol. The molecular weight excluding hydrogens is 867 g/mol. The number of fused-ring (bicyclic) bond motifs is 5. The number of nitrogen functional groups attached to an aromatic ring is 2. The van der Waals surface area contributed by atoms with Crippen LogP contribution in [0.25, 0.3) is 22.3 Å². The number of imidazole rings is 2. The second-order valence-corrected chi connectivity index (χ2v) is 17.0. The number of phosphoric acid groups is 2. The first-order valence-electron chi connectivity index (χ1n) is 18.2. The molecule has 27 nitrogen and oxygen atoms in total. The SMILES string of the molecule is CC(C)OC(=O)OCOP1(=O)OC[C@H]2O[C@@H](n3cnc4c(N)ccnc43)[C@@H](F)C2OP(=O)(OCOC(=O)OC(C)C)OC[C@H]2O[C@@H](n3cnc4c(=O)[nH]c(N)nc43)C(O1)[C@H]2O. The molecule has 0 spiro atoms. The van der Waals surface area contributed by atoms with Crippen LogP contribution >= 0.6 is 15.6 Å². The van der Waals surface area contributed by atoms with Gasteiger partial charge in [0.05, 0.1) is 43.8 Å². The number of ether oxygens (including phenoxy) is 6. The molecular formula is C31H40FN9O18P2. The third-order valence-electron chi connectivity index (χ3n) is 8.81. The van der Waals surface area contributed by atoms with Crippen LogP contribution in [-0.2, 0) is 64.7 Å². The molecule has 0 amide bonds. The number of hydrogen-bond acceptors (Lipinski definition) is 24. The van der Waals surface area contributed by atoms with E-state index in [1.807, 2.05) is 0 Å². The predicted octanol–water partition coefficient (Wildman–Crippen LogP) is 2.33. The number of anilines is 2. The Hall–Kier alpha value is -4.86. The van der Waals surface area contributed by atoms with Crippen LogP contribution in [0.15, 0.2) is 29.7 Å². The quantitative estimate of drug-likeness (QED) is 0.101. The normalized spacial score (nSPS) is 30.8. The zero-order valence-corrected chi connectivity index (χ0v) is 34.2. The number of phosphoric ester groups is 2. The molecule has 30 heteroatoms. The lowest BCUT2D eigenvalue weighted by Crippen LogP contribution is -2.36. The van der Waals surface area contributed by atoms with Crippen molar-refractivity contribution in [3.63, 3.8) is 0 Å². The van der Waals surface area contributed by atoms with Gasteiger partial charge in [0.1, 0.15) is 36.0 Å². The van der Waals surface area contributed by atoms with Crippen molar-refractivity contribution in [3.8, 4) is 0 Å². The number of alkyl halides is 1. The summed E-state index contributed by atoms with van der Waals surface area (Å²) in [7, 11) is -10.3. The number of pyridine rings is 1. The molecule has 0 aliphatic carbocycles. The highest BCUT2D eigenvalue weighted by atomic mass is 31.2. The van der Waals surface area contributed by atoms with E-state index in [-0.39, 0.29) is 34.0 Å². The number of hydrogen-bond donors (Lipinski definition) is 4. The number of halogens is 1. The van der Waals surface area contributed by atoms with Crippen LogP contribution in [0, 0.1) is 0 Å². The van der Waals surface area contributed by atoms with Gasteiger partial charge in [0, 0.05) is 6.20 Å². The number of nitrogens with one attached hydrogen (secondary N) is 1. The molecule has 4 aromatic rings. The first-order chi connectivity index (χ1) is 28.9. The van der Waals surface area contributed by atoms with E-state index in [9.17, 15) is 28.6 Å². The number of aliphatic hydroxyl groups excluding tert-OH is 1. The summed E-state index contributed by atoms with van der Waals surface area (Å²) < 4.78 is 113. The second-order valence-electron chi connectivity index (χ2n) is 13.8. The Labute approximate surface area is 342 Å². The van der Waals surface area contributed by atoms with Crippen molar-refractivity contribution in [2.24, 2.45) is 0 Å². The summed E-state index contributed by atoms with van der Waals surface area (Å²) in [6, 6.07) is 1.46. The topological polar surface area (TPSA) is 346 Å². The van der Waals surface area contributed by atoms with Crippen molar-refractivity contribution >= 4 is 61.9 Å². The van der Waals surface area contributed by atoms with Gasteiger partial charge >= 0.3 is 28.0 Å². The summed E-state index contributed by atoms with van der Waals surface area (Å²) in [6.45, 7) is 1.98. The number of nitrogens with two attached hydrogens (primary N) is 2. The Morgan fingerprint density at radius 2 is 1.43 bits per heavy atom. The van der Waals surface area contributed by atoms with E-state index in [4.69, 9.17) is 67.0 Å². The highest BCUT2D eigenvalue weighted by Crippen LogP contribution is 2.58. The summed E-state index contributed by atoms with van der Waals surface area (Å²) in [4.78, 5) is 55.7. The Morgan fingerprint density at radius 1 is 0.869 bits per heavy atom. The monoisotopic (exact) mass is 907 g/mol. The molecule has 3 aliphatic heterocycles. The lowest BCUT2D eigenvalue weighted by atomic mass is 10.1. The molecule has 10 atom stereocenters. The maximum Gasteiger partial charge on any atom is 0.510 e. The summed E-state index contributed by atoms with van der Waals surface area (Å²) in [5, 5.41) is 11.6. The molecule has 61 heavy (non-hydrogen) atoms. The summed E-state index contributed by atoms with van der Waals surface area (Å²) in [5.74, 6) is -0.340. The Bertz CT molecular complexity index is 2400. The fourth-order valence-electron chi connectivity index (χ4n) is 6.20. The van der Waals surface area contributed by atoms with Crippen molar-refractivity contribution in [1.82, 2.24) is 34.1 Å². The average molecular weight is 908 g/mol.